The molecule has 2 bridgehead atoms. The van der Waals surface area contributed by atoms with Gasteiger partial charge in [0.05, 0.1) is 17.0 Å². The molecular weight excluding hydrogens is 554 g/mol. The van der Waals surface area contributed by atoms with Crippen LogP contribution in [0.15, 0.2) is 42.7 Å². The molecule has 2 heterocycles. The number of thiazole rings is 1. The van der Waals surface area contributed by atoms with E-state index in [4.69, 9.17) is 14.8 Å². The fourth-order valence-corrected chi connectivity index (χ4v) is 8.64. The maximum atomic E-state index is 14.2. The highest BCUT2D eigenvalue weighted by Crippen LogP contribution is 2.58. The predicted octanol–water partition coefficient (Wildman–Crippen LogP) is 8.46. The normalized spacial score (nSPS) is 23.5. The summed E-state index contributed by atoms with van der Waals surface area (Å²) in [7, 11) is 2.75. The third-order valence-electron chi connectivity index (χ3n) is 10.4. The quantitative estimate of drug-likeness (QED) is 0.280. The second kappa shape index (κ2) is 13.5. The summed E-state index contributed by atoms with van der Waals surface area (Å²) < 4.78 is 5.54. The molecule has 0 saturated heterocycles. The Kier molecular flexibility index (Phi) is 9.92. The van der Waals surface area contributed by atoms with E-state index < -0.39 is 0 Å². The van der Waals surface area contributed by atoms with Crippen molar-refractivity contribution in [3.63, 3.8) is 0 Å². The Labute approximate surface area is 261 Å². The van der Waals surface area contributed by atoms with Crippen LogP contribution in [0.5, 0.6) is 5.75 Å². The molecule has 232 valence electrons. The van der Waals surface area contributed by atoms with Gasteiger partial charge in [0.25, 0.3) is 0 Å². The average Bonchev–Trinajstić information content (AvgIpc) is 3.57. The van der Waals surface area contributed by atoms with Crippen molar-refractivity contribution in [1.82, 2.24) is 9.97 Å². The number of carbonyl (C=O) groups excluding carboxylic acids is 1. The minimum absolute atomic E-state index is 0.120. The number of aryl methyl sites for hydroxylation is 1. The summed E-state index contributed by atoms with van der Waals surface area (Å²) >= 11 is 1.75. The molecule has 0 radical (unpaired) electrons. The number of nitrogens with zero attached hydrogens (tertiary/aromatic N) is 3. The van der Waals surface area contributed by atoms with Crippen molar-refractivity contribution in [3.8, 4) is 16.2 Å². The van der Waals surface area contributed by atoms with Crippen molar-refractivity contribution >= 4 is 23.1 Å². The summed E-state index contributed by atoms with van der Waals surface area (Å²) in [4.78, 5) is 27.0. The maximum absolute atomic E-state index is 14.2. The van der Waals surface area contributed by atoms with Crippen molar-refractivity contribution in [2.75, 3.05) is 25.7 Å². The highest BCUT2D eigenvalue weighted by molar-refractivity contribution is 7.15. The van der Waals surface area contributed by atoms with Crippen LogP contribution in [0.1, 0.15) is 107 Å². The smallest absolute Gasteiger partial charge is 0.231 e. The molecule has 0 atom stereocenters. The largest absolute Gasteiger partial charge is 0.496 e. The van der Waals surface area contributed by atoms with Crippen LogP contribution in [0.25, 0.3) is 10.4 Å². The minimum Gasteiger partial charge on any atom is -0.496 e. The molecule has 1 N–H and O–H groups in total. The number of rotatable bonds is 8. The number of ether oxygens (including phenoxy) is 1. The zero-order chi connectivity index (χ0) is 30.6. The predicted molar refractivity (Wildman–Crippen MR) is 176 cm³/mol. The van der Waals surface area contributed by atoms with Crippen molar-refractivity contribution in [1.29, 1.82) is 0 Å². The van der Waals surface area contributed by atoms with Gasteiger partial charge < -0.3 is 9.84 Å². The fourth-order valence-electron chi connectivity index (χ4n) is 7.73. The third-order valence-corrected chi connectivity index (χ3v) is 11.8. The molecular formula is C36H49N3O3S. The molecule has 2 aromatic heterocycles. The Bertz CT molecular complexity index is 1370. The Morgan fingerprint density at radius 1 is 1.02 bits per heavy atom. The number of pyridine rings is 1. The molecule has 0 unspecified atom stereocenters. The van der Waals surface area contributed by atoms with Crippen LogP contribution in [-0.2, 0) is 10.2 Å². The molecule has 1 aromatic carbocycles. The van der Waals surface area contributed by atoms with Crippen molar-refractivity contribution in [3.05, 3.63) is 58.9 Å². The van der Waals surface area contributed by atoms with Gasteiger partial charge >= 0.3 is 0 Å². The minimum atomic E-state index is 0.120. The number of hydrogen-bond donors (Lipinski definition) is 1. The molecule has 7 heteroatoms. The monoisotopic (exact) mass is 603 g/mol. The van der Waals surface area contributed by atoms with Gasteiger partial charge in [0.2, 0.25) is 5.91 Å². The molecule has 0 spiro atoms. The van der Waals surface area contributed by atoms with Gasteiger partial charge in [-0.1, -0.05) is 45.2 Å². The number of fused-ring (bicyclic) bond motifs is 3. The van der Waals surface area contributed by atoms with Crippen molar-refractivity contribution < 1.29 is 14.6 Å². The first-order chi connectivity index (χ1) is 20.8. The lowest BCUT2D eigenvalue weighted by Crippen LogP contribution is -2.51. The van der Waals surface area contributed by atoms with Crippen LogP contribution in [0.3, 0.4) is 0 Å². The van der Waals surface area contributed by atoms with Gasteiger partial charge in [0.15, 0.2) is 0 Å². The van der Waals surface area contributed by atoms with Crippen LogP contribution < -0.4 is 9.64 Å². The van der Waals surface area contributed by atoms with Gasteiger partial charge in [-0.3, -0.25) is 9.69 Å². The maximum Gasteiger partial charge on any atom is 0.231 e. The zero-order valence-corrected chi connectivity index (χ0v) is 27.5. The molecule has 6 nitrogen and oxygen atoms in total. The van der Waals surface area contributed by atoms with Crippen LogP contribution in [0, 0.1) is 18.3 Å². The van der Waals surface area contributed by atoms with E-state index in [9.17, 15) is 4.79 Å². The van der Waals surface area contributed by atoms with Crippen LogP contribution in [0.2, 0.25) is 0 Å². The molecule has 4 aliphatic rings. The van der Waals surface area contributed by atoms with Crippen LogP contribution in [0.4, 0.5) is 5.82 Å². The van der Waals surface area contributed by atoms with E-state index in [1.54, 1.807) is 18.4 Å². The number of amides is 1. The highest BCUT2D eigenvalue weighted by atomic mass is 32.1. The fraction of sp³-hybridized carbons (Fsp3) is 0.583. The number of benzene rings is 1. The van der Waals surface area contributed by atoms with E-state index >= 15 is 0 Å². The van der Waals surface area contributed by atoms with Gasteiger partial charge in [0.1, 0.15) is 11.6 Å². The number of methoxy groups -OCH3 is 1. The van der Waals surface area contributed by atoms with E-state index in [0.29, 0.717) is 11.8 Å². The first-order valence-corrected chi connectivity index (χ1v) is 17.0. The summed E-state index contributed by atoms with van der Waals surface area (Å²) in [5.41, 5.74) is 4.23. The molecule has 43 heavy (non-hydrogen) atoms. The third kappa shape index (κ3) is 6.53. The average molecular weight is 604 g/mol. The molecule has 0 aliphatic heterocycles. The summed E-state index contributed by atoms with van der Waals surface area (Å²) in [6, 6.07) is 11.0. The number of aliphatic hydroxyl groups is 1. The lowest BCUT2D eigenvalue weighted by molar-refractivity contribution is -0.124. The number of carbonyl (C=O) groups is 1. The highest BCUT2D eigenvalue weighted by Gasteiger charge is 2.50. The Hall–Kier alpha value is -2.77. The van der Waals surface area contributed by atoms with E-state index in [-0.39, 0.29) is 16.7 Å². The van der Waals surface area contributed by atoms with Gasteiger partial charge in [-0.05, 0) is 104 Å². The van der Waals surface area contributed by atoms with Gasteiger partial charge in [-0.25, -0.2) is 9.97 Å². The number of aromatic nitrogens is 2. The van der Waals surface area contributed by atoms with Crippen LogP contribution in [-0.4, -0.2) is 41.7 Å². The summed E-state index contributed by atoms with van der Waals surface area (Å²) in [6.07, 6.45) is 16.5. The van der Waals surface area contributed by atoms with Crippen LogP contribution >= 0.6 is 11.3 Å². The molecule has 3 aromatic rings. The van der Waals surface area contributed by atoms with E-state index in [2.05, 4.69) is 61.0 Å². The first kappa shape index (κ1) is 31.6. The van der Waals surface area contributed by atoms with Crippen molar-refractivity contribution in [2.24, 2.45) is 11.3 Å². The number of anilines is 1. The first-order valence-electron chi connectivity index (χ1n) is 16.1. The van der Waals surface area contributed by atoms with Crippen molar-refractivity contribution in [2.45, 2.75) is 103 Å². The summed E-state index contributed by atoms with van der Waals surface area (Å²) in [5, 5.41) is 8.15. The topological polar surface area (TPSA) is 75.6 Å². The number of aliphatic hydroxyl groups excluding tert-OH is 1. The Morgan fingerprint density at radius 2 is 1.72 bits per heavy atom. The second-order valence-corrected chi connectivity index (χ2v) is 14.4. The lowest BCUT2D eigenvalue weighted by Gasteiger charge is -2.55. The van der Waals surface area contributed by atoms with E-state index in [1.807, 2.05) is 12.4 Å². The van der Waals surface area contributed by atoms with Gasteiger partial charge in [-0.2, -0.15) is 0 Å². The molecule has 4 fully saturated rings. The SMILES string of the molecule is CO.COc1ccc(C23CCC(CN(C(=O)C4CCCCC4)c4cc(-c5cnc(C(C)C)s5)ccn4)(CC2)CC3)cc1C. The standard InChI is InChI=1S/C35H45N3O2S.CH4O/c1-24(2)32-37-22-30(41-32)27-12-19-36-31(21-27)38(33(39)26-8-6-5-7-9-26)23-34-13-16-35(17-14-34,18-15-34)28-10-11-29(40-4)25(3)20-28;1-2/h10-12,19-22,24,26H,5-9,13-18,23H2,1-4H3;2H,1H3. The summed E-state index contributed by atoms with van der Waals surface area (Å²) in [6.45, 7) is 7.31. The molecule has 4 aliphatic carbocycles. The lowest BCUT2D eigenvalue weighted by atomic mass is 9.51. The van der Waals surface area contributed by atoms with E-state index in [0.717, 1.165) is 66.4 Å². The Balaban J connectivity index is 0.00000180. The van der Waals surface area contributed by atoms with Gasteiger partial charge in [-0.15, -0.1) is 11.3 Å². The zero-order valence-electron chi connectivity index (χ0n) is 26.7. The summed E-state index contributed by atoms with van der Waals surface area (Å²) in [5.74, 6) is 2.61. The number of hydrogen-bond acceptors (Lipinski definition) is 6. The molecule has 4 saturated carbocycles. The Morgan fingerprint density at radius 3 is 2.33 bits per heavy atom. The molecule has 7 rings (SSSR count). The van der Waals surface area contributed by atoms with E-state index in [1.165, 1.54) is 56.1 Å². The molecule has 1 amide bonds. The second-order valence-electron chi connectivity index (χ2n) is 13.3. The van der Waals surface area contributed by atoms with Gasteiger partial charge in [0, 0.05) is 37.9 Å².